The molecule has 3 heteroatoms. The van der Waals surface area contributed by atoms with Gasteiger partial charge in [0.15, 0.2) is 0 Å². The Balaban J connectivity index is 1.60. The van der Waals surface area contributed by atoms with E-state index in [9.17, 15) is 0 Å². The Bertz CT molecular complexity index is 456. The molecule has 2 atom stereocenters. The quantitative estimate of drug-likeness (QED) is 0.854. The molecule has 2 fully saturated rings. The summed E-state index contributed by atoms with van der Waals surface area (Å²) in [7, 11) is 2.15. The summed E-state index contributed by atoms with van der Waals surface area (Å²) in [6.07, 6.45) is 4.02. The number of nitrogens with one attached hydrogen (secondary N) is 1. The first-order chi connectivity index (χ1) is 9.13. The van der Waals surface area contributed by atoms with E-state index >= 15 is 0 Å². The van der Waals surface area contributed by atoms with Crippen LogP contribution in [0.1, 0.15) is 31.7 Å². The Kier molecular flexibility index (Phi) is 3.72. The summed E-state index contributed by atoms with van der Waals surface area (Å²) in [6, 6.07) is 7.22. The molecule has 19 heavy (non-hydrogen) atoms. The summed E-state index contributed by atoms with van der Waals surface area (Å²) in [5, 5.41) is 4.41. The molecule has 3 rings (SSSR count). The van der Waals surface area contributed by atoms with Crippen LogP contribution >= 0.6 is 11.6 Å². The summed E-state index contributed by atoms with van der Waals surface area (Å²) >= 11 is 6.43. The minimum absolute atomic E-state index is 0.748. The van der Waals surface area contributed by atoms with Crippen LogP contribution in [0.25, 0.3) is 0 Å². The summed E-state index contributed by atoms with van der Waals surface area (Å²) in [5.74, 6) is 1.75. The zero-order valence-electron chi connectivity index (χ0n) is 11.8. The molecular weight excluding hydrogens is 256 g/mol. The molecule has 2 aliphatic carbocycles. The highest BCUT2D eigenvalue weighted by molar-refractivity contribution is 6.33. The molecule has 0 amide bonds. The van der Waals surface area contributed by atoms with E-state index in [1.807, 2.05) is 0 Å². The highest BCUT2D eigenvalue weighted by Gasteiger charge is 2.33. The zero-order valence-corrected chi connectivity index (χ0v) is 12.6. The summed E-state index contributed by atoms with van der Waals surface area (Å²) in [4.78, 5) is 2.30. The van der Waals surface area contributed by atoms with Crippen LogP contribution in [-0.2, 0) is 6.54 Å². The van der Waals surface area contributed by atoms with Crippen LogP contribution in [0.5, 0.6) is 0 Å². The first-order valence-corrected chi connectivity index (χ1v) is 7.74. The number of hydrogen-bond acceptors (Lipinski definition) is 2. The largest absolute Gasteiger partial charge is 0.373 e. The van der Waals surface area contributed by atoms with E-state index in [-0.39, 0.29) is 0 Å². The van der Waals surface area contributed by atoms with Crippen LogP contribution in [0.4, 0.5) is 5.69 Å². The summed E-state index contributed by atoms with van der Waals surface area (Å²) in [5.41, 5.74) is 2.45. The maximum Gasteiger partial charge on any atom is 0.0642 e. The molecular formula is C16H23ClN2. The average Bonchev–Trinajstić information content (AvgIpc) is 3.27. The Hall–Kier alpha value is -0.730. The third-order valence-corrected chi connectivity index (χ3v) is 4.68. The number of halogens is 1. The molecule has 2 saturated carbocycles. The third-order valence-electron chi connectivity index (χ3n) is 4.38. The van der Waals surface area contributed by atoms with Crippen molar-refractivity contribution in [3.8, 4) is 0 Å². The Labute approximate surface area is 121 Å². The van der Waals surface area contributed by atoms with Crippen molar-refractivity contribution < 1.29 is 0 Å². The lowest BCUT2D eigenvalue weighted by molar-refractivity contribution is 0.687. The van der Waals surface area contributed by atoms with Gasteiger partial charge in [-0.2, -0.15) is 0 Å². The number of rotatable bonds is 6. The highest BCUT2D eigenvalue weighted by atomic mass is 35.5. The fourth-order valence-electron chi connectivity index (χ4n) is 2.62. The second kappa shape index (κ2) is 5.34. The minimum Gasteiger partial charge on any atom is -0.373 e. The monoisotopic (exact) mass is 278 g/mol. The number of nitrogens with zero attached hydrogens (tertiary/aromatic N) is 1. The van der Waals surface area contributed by atoms with Gasteiger partial charge in [0.2, 0.25) is 0 Å². The van der Waals surface area contributed by atoms with E-state index < -0.39 is 0 Å². The van der Waals surface area contributed by atoms with Crippen molar-refractivity contribution in [1.29, 1.82) is 0 Å². The molecule has 0 radical (unpaired) electrons. The molecule has 0 spiro atoms. The van der Waals surface area contributed by atoms with Crippen molar-refractivity contribution in [1.82, 2.24) is 5.32 Å². The molecule has 104 valence electrons. The molecule has 0 bridgehead atoms. The molecule has 1 aromatic carbocycles. The van der Waals surface area contributed by atoms with Crippen LogP contribution in [-0.4, -0.2) is 19.6 Å². The van der Waals surface area contributed by atoms with Gasteiger partial charge in [-0.15, -0.1) is 0 Å². The van der Waals surface area contributed by atoms with Crippen molar-refractivity contribution >= 4 is 17.3 Å². The van der Waals surface area contributed by atoms with E-state index in [4.69, 9.17) is 11.6 Å². The zero-order chi connectivity index (χ0) is 13.4. The molecule has 2 aliphatic rings. The molecule has 2 unspecified atom stereocenters. The van der Waals surface area contributed by atoms with Crippen molar-refractivity contribution in [2.45, 2.75) is 38.8 Å². The predicted molar refractivity (Wildman–Crippen MR) is 81.9 cm³/mol. The predicted octanol–water partition coefficient (Wildman–Crippen LogP) is 3.68. The van der Waals surface area contributed by atoms with Gasteiger partial charge in [-0.05, 0) is 48.8 Å². The van der Waals surface area contributed by atoms with Crippen LogP contribution in [0.3, 0.4) is 0 Å². The summed E-state index contributed by atoms with van der Waals surface area (Å²) < 4.78 is 0. The van der Waals surface area contributed by atoms with Gasteiger partial charge < -0.3 is 10.2 Å². The smallest absolute Gasteiger partial charge is 0.0642 e. The standard InChI is InChI=1S/C16H23ClN2/c1-11-7-13(11)10-19(2)16-6-3-12(8-15(16)17)9-18-14-4-5-14/h3,6,8,11,13-14,18H,4-5,7,9-10H2,1-2H3. The molecule has 0 aliphatic heterocycles. The van der Waals surface area contributed by atoms with Crippen LogP contribution in [0.15, 0.2) is 18.2 Å². The lowest BCUT2D eigenvalue weighted by Gasteiger charge is -2.21. The Morgan fingerprint density at radius 1 is 1.37 bits per heavy atom. The van der Waals surface area contributed by atoms with E-state index in [2.05, 4.69) is 42.4 Å². The van der Waals surface area contributed by atoms with Gasteiger partial charge in [-0.1, -0.05) is 24.6 Å². The number of benzene rings is 1. The van der Waals surface area contributed by atoms with Gasteiger partial charge in [0.25, 0.3) is 0 Å². The average molecular weight is 279 g/mol. The SMILES string of the molecule is CC1CC1CN(C)c1ccc(CNC2CC2)cc1Cl. The van der Waals surface area contributed by atoms with E-state index in [0.717, 1.165) is 41.7 Å². The molecule has 0 aromatic heterocycles. The van der Waals surface area contributed by atoms with Gasteiger partial charge in [0.1, 0.15) is 0 Å². The van der Waals surface area contributed by atoms with Crippen molar-refractivity contribution in [2.24, 2.45) is 11.8 Å². The van der Waals surface area contributed by atoms with Gasteiger partial charge in [0.05, 0.1) is 10.7 Å². The van der Waals surface area contributed by atoms with Gasteiger partial charge in [0, 0.05) is 26.2 Å². The molecule has 2 nitrogen and oxygen atoms in total. The fraction of sp³-hybridized carbons (Fsp3) is 0.625. The van der Waals surface area contributed by atoms with E-state index in [0.29, 0.717) is 0 Å². The Morgan fingerprint density at radius 2 is 2.11 bits per heavy atom. The van der Waals surface area contributed by atoms with Gasteiger partial charge in [-0.3, -0.25) is 0 Å². The topological polar surface area (TPSA) is 15.3 Å². The number of hydrogen-bond donors (Lipinski definition) is 1. The van der Waals surface area contributed by atoms with Gasteiger partial charge in [-0.25, -0.2) is 0 Å². The van der Waals surface area contributed by atoms with Crippen LogP contribution < -0.4 is 10.2 Å². The van der Waals surface area contributed by atoms with Gasteiger partial charge >= 0.3 is 0 Å². The maximum absolute atomic E-state index is 6.43. The number of anilines is 1. The Morgan fingerprint density at radius 3 is 2.68 bits per heavy atom. The molecule has 1 N–H and O–H groups in total. The summed E-state index contributed by atoms with van der Waals surface area (Å²) in [6.45, 7) is 4.39. The second-order valence-electron chi connectivity index (χ2n) is 6.29. The first kappa shape index (κ1) is 13.3. The minimum atomic E-state index is 0.748. The highest BCUT2D eigenvalue weighted by Crippen LogP contribution is 2.39. The molecule has 0 saturated heterocycles. The lowest BCUT2D eigenvalue weighted by Crippen LogP contribution is -2.21. The fourth-order valence-corrected chi connectivity index (χ4v) is 2.97. The third kappa shape index (κ3) is 3.43. The normalized spacial score (nSPS) is 25.4. The van der Waals surface area contributed by atoms with Crippen molar-refractivity contribution in [3.63, 3.8) is 0 Å². The van der Waals surface area contributed by atoms with Crippen LogP contribution in [0.2, 0.25) is 5.02 Å². The first-order valence-electron chi connectivity index (χ1n) is 7.36. The lowest BCUT2D eigenvalue weighted by atomic mass is 10.2. The second-order valence-corrected chi connectivity index (χ2v) is 6.70. The van der Waals surface area contributed by atoms with E-state index in [1.165, 1.54) is 24.8 Å². The van der Waals surface area contributed by atoms with Crippen LogP contribution in [0, 0.1) is 11.8 Å². The van der Waals surface area contributed by atoms with Crippen molar-refractivity contribution in [3.05, 3.63) is 28.8 Å². The maximum atomic E-state index is 6.43. The van der Waals surface area contributed by atoms with Crippen molar-refractivity contribution in [2.75, 3.05) is 18.5 Å². The molecule has 1 aromatic rings. The van der Waals surface area contributed by atoms with E-state index in [1.54, 1.807) is 0 Å². The molecule has 0 heterocycles.